The fraction of sp³-hybridized carbons (Fsp3) is 0.105. The van der Waals surface area contributed by atoms with E-state index in [0.29, 0.717) is 0 Å². The number of H-pyrrole nitrogens is 1. The van der Waals surface area contributed by atoms with Crippen molar-refractivity contribution < 1.29 is 0 Å². The van der Waals surface area contributed by atoms with Crippen LogP contribution in [0.5, 0.6) is 0 Å². The first-order chi connectivity index (χ1) is 11.7. The van der Waals surface area contributed by atoms with Gasteiger partial charge in [0.25, 0.3) is 0 Å². The number of aromatic amines is 1. The van der Waals surface area contributed by atoms with Crippen LogP contribution >= 0.6 is 0 Å². The molecular formula is C19H17N5. The fourth-order valence-corrected chi connectivity index (χ4v) is 2.68. The van der Waals surface area contributed by atoms with E-state index in [-0.39, 0.29) is 0 Å². The zero-order chi connectivity index (χ0) is 16.5. The predicted octanol–water partition coefficient (Wildman–Crippen LogP) is 4.38. The molecule has 2 aromatic carbocycles. The number of nitrogens with zero attached hydrogens (tertiary/aromatic N) is 3. The Morgan fingerprint density at radius 3 is 2.71 bits per heavy atom. The molecule has 0 unspecified atom stereocenters. The molecule has 0 bridgehead atoms. The molecule has 118 valence electrons. The van der Waals surface area contributed by atoms with Crippen LogP contribution in [0.1, 0.15) is 11.1 Å². The molecule has 24 heavy (non-hydrogen) atoms. The van der Waals surface area contributed by atoms with Gasteiger partial charge in [-0.05, 0) is 37.6 Å². The quantitative estimate of drug-likeness (QED) is 0.589. The lowest BCUT2D eigenvalue weighted by Gasteiger charge is -2.11. The minimum atomic E-state index is 0.727. The van der Waals surface area contributed by atoms with Crippen LogP contribution in [0, 0.1) is 13.8 Å². The van der Waals surface area contributed by atoms with Crippen molar-refractivity contribution in [2.75, 3.05) is 5.32 Å². The SMILES string of the molecule is Cc1ccccc1-c1ncc(C)c(Nc2ccc3[nH]ncc3c2)n1. The lowest BCUT2D eigenvalue weighted by atomic mass is 10.1. The second-order valence-electron chi connectivity index (χ2n) is 5.84. The molecular weight excluding hydrogens is 298 g/mol. The molecule has 0 atom stereocenters. The van der Waals surface area contributed by atoms with Crippen molar-refractivity contribution in [1.29, 1.82) is 0 Å². The average molecular weight is 315 g/mol. The van der Waals surface area contributed by atoms with Gasteiger partial charge in [-0.25, -0.2) is 9.97 Å². The summed E-state index contributed by atoms with van der Waals surface area (Å²) in [5.74, 6) is 1.54. The Balaban J connectivity index is 1.72. The molecule has 0 spiro atoms. The van der Waals surface area contributed by atoms with Crippen molar-refractivity contribution >= 4 is 22.4 Å². The number of hydrogen-bond acceptors (Lipinski definition) is 4. The zero-order valence-electron chi connectivity index (χ0n) is 13.5. The van der Waals surface area contributed by atoms with Crippen LogP contribution in [0.4, 0.5) is 11.5 Å². The second-order valence-corrected chi connectivity index (χ2v) is 5.84. The van der Waals surface area contributed by atoms with Crippen LogP contribution in [-0.4, -0.2) is 20.2 Å². The predicted molar refractivity (Wildman–Crippen MR) is 96.3 cm³/mol. The van der Waals surface area contributed by atoms with Gasteiger partial charge in [-0.1, -0.05) is 24.3 Å². The second kappa shape index (κ2) is 5.77. The highest BCUT2D eigenvalue weighted by atomic mass is 15.1. The van der Waals surface area contributed by atoms with Gasteiger partial charge in [0.2, 0.25) is 0 Å². The first-order valence-corrected chi connectivity index (χ1v) is 7.80. The van der Waals surface area contributed by atoms with Gasteiger partial charge in [-0.15, -0.1) is 0 Å². The van der Waals surface area contributed by atoms with Gasteiger partial charge < -0.3 is 5.32 Å². The lowest BCUT2D eigenvalue weighted by molar-refractivity contribution is 1.12. The van der Waals surface area contributed by atoms with E-state index in [9.17, 15) is 0 Å². The van der Waals surface area contributed by atoms with Crippen LogP contribution in [0.15, 0.2) is 54.9 Å². The molecule has 4 aromatic rings. The molecule has 5 nitrogen and oxygen atoms in total. The fourth-order valence-electron chi connectivity index (χ4n) is 2.68. The zero-order valence-corrected chi connectivity index (χ0v) is 13.5. The van der Waals surface area contributed by atoms with Gasteiger partial charge in [0.15, 0.2) is 5.82 Å². The van der Waals surface area contributed by atoms with E-state index >= 15 is 0 Å². The molecule has 0 radical (unpaired) electrons. The van der Waals surface area contributed by atoms with Crippen LogP contribution in [-0.2, 0) is 0 Å². The van der Waals surface area contributed by atoms with Gasteiger partial charge in [0.05, 0.1) is 11.7 Å². The Bertz CT molecular complexity index is 1020. The van der Waals surface area contributed by atoms with Crippen molar-refractivity contribution in [2.45, 2.75) is 13.8 Å². The molecule has 2 aromatic heterocycles. The van der Waals surface area contributed by atoms with Crippen molar-refractivity contribution in [1.82, 2.24) is 20.2 Å². The van der Waals surface area contributed by atoms with Crippen molar-refractivity contribution in [2.24, 2.45) is 0 Å². The maximum Gasteiger partial charge on any atom is 0.161 e. The van der Waals surface area contributed by atoms with E-state index in [4.69, 9.17) is 4.98 Å². The average Bonchev–Trinajstić information content (AvgIpc) is 3.05. The van der Waals surface area contributed by atoms with Crippen LogP contribution in [0.2, 0.25) is 0 Å². The van der Waals surface area contributed by atoms with Gasteiger partial charge in [0.1, 0.15) is 5.82 Å². The summed E-state index contributed by atoms with van der Waals surface area (Å²) >= 11 is 0. The molecule has 2 N–H and O–H groups in total. The normalized spacial score (nSPS) is 10.9. The van der Waals surface area contributed by atoms with E-state index in [1.54, 1.807) is 0 Å². The molecule has 0 saturated heterocycles. The van der Waals surface area contributed by atoms with E-state index in [2.05, 4.69) is 33.5 Å². The van der Waals surface area contributed by atoms with Gasteiger partial charge >= 0.3 is 0 Å². The molecule has 0 aliphatic carbocycles. The van der Waals surface area contributed by atoms with E-state index in [1.807, 2.05) is 55.7 Å². The molecule has 4 rings (SSSR count). The summed E-state index contributed by atoms with van der Waals surface area (Å²) in [5.41, 5.74) is 5.19. The van der Waals surface area contributed by atoms with Gasteiger partial charge in [-0.3, -0.25) is 5.10 Å². The van der Waals surface area contributed by atoms with E-state index in [1.165, 1.54) is 0 Å². The number of anilines is 2. The molecule has 0 saturated carbocycles. The third-order valence-corrected chi connectivity index (χ3v) is 4.06. The number of aryl methyl sites for hydroxylation is 2. The Morgan fingerprint density at radius 2 is 1.83 bits per heavy atom. The van der Waals surface area contributed by atoms with Crippen molar-refractivity contribution in [3.63, 3.8) is 0 Å². The molecule has 0 fully saturated rings. The summed E-state index contributed by atoms with van der Waals surface area (Å²) < 4.78 is 0. The number of fused-ring (bicyclic) bond motifs is 1. The maximum absolute atomic E-state index is 4.72. The standard InChI is InChI=1S/C19H17N5/c1-12-5-3-4-6-16(12)19-20-10-13(2)18(23-19)22-15-7-8-17-14(9-15)11-21-24-17/h3-11H,1-2H3,(H,21,24)(H,20,22,23). The first kappa shape index (κ1) is 14.4. The number of benzene rings is 2. The van der Waals surface area contributed by atoms with Crippen LogP contribution in [0.3, 0.4) is 0 Å². The summed E-state index contributed by atoms with van der Waals surface area (Å²) in [7, 11) is 0. The lowest BCUT2D eigenvalue weighted by Crippen LogP contribution is -2.00. The largest absolute Gasteiger partial charge is 0.340 e. The number of rotatable bonds is 3. The number of nitrogens with one attached hydrogen (secondary N) is 2. The smallest absolute Gasteiger partial charge is 0.161 e. The van der Waals surface area contributed by atoms with Gasteiger partial charge in [0, 0.05) is 28.4 Å². The molecule has 2 heterocycles. The summed E-state index contributed by atoms with van der Waals surface area (Å²) in [5, 5.41) is 11.5. The minimum Gasteiger partial charge on any atom is -0.340 e. The summed E-state index contributed by atoms with van der Waals surface area (Å²) in [6.07, 6.45) is 3.67. The monoisotopic (exact) mass is 315 g/mol. The van der Waals surface area contributed by atoms with Crippen molar-refractivity contribution in [3.05, 3.63) is 66.0 Å². The van der Waals surface area contributed by atoms with Gasteiger partial charge in [-0.2, -0.15) is 5.10 Å². The Labute approximate surface area is 139 Å². The minimum absolute atomic E-state index is 0.727. The van der Waals surface area contributed by atoms with E-state index in [0.717, 1.165) is 44.9 Å². The van der Waals surface area contributed by atoms with Crippen molar-refractivity contribution in [3.8, 4) is 11.4 Å². The Hall–Kier alpha value is -3.21. The van der Waals surface area contributed by atoms with E-state index < -0.39 is 0 Å². The summed E-state index contributed by atoms with van der Waals surface area (Å²) in [6, 6.07) is 14.2. The third kappa shape index (κ3) is 2.60. The number of hydrogen-bond donors (Lipinski definition) is 2. The highest BCUT2D eigenvalue weighted by molar-refractivity contribution is 5.82. The topological polar surface area (TPSA) is 66.5 Å². The summed E-state index contributed by atoms with van der Waals surface area (Å²) in [6.45, 7) is 4.07. The molecule has 0 amide bonds. The Kier molecular flexibility index (Phi) is 3.46. The first-order valence-electron chi connectivity index (χ1n) is 7.80. The van der Waals surface area contributed by atoms with Crippen LogP contribution in [0.25, 0.3) is 22.3 Å². The summed E-state index contributed by atoms with van der Waals surface area (Å²) in [4.78, 5) is 9.21. The van der Waals surface area contributed by atoms with Crippen LogP contribution < -0.4 is 5.32 Å². The molecule has 0 aliphatic heterocycles. The highest BCUT2D eigenvalue weighted by Crippen LogP contribution is 2.25. The molecule has 5 heteroatoms. The highest BCUT2D eigenvalue weighted by Gasteiger charge is 2.09. The third-order valence-electron chi connectivity index (χ3n) is 4.06. The Morgan fingerprint density at radius 1 is 0.958 bits per heavy atom. The maximum atomic E-state index is 4.72. The number of aromatic nitrogens is 4. The molecule has 0 aliphatic rings.